The molecule has 1 fully saturated rings. The maximum atomic E-state index is 13.8. The summed E-state index contributed by atoms with van der Waals surface area (Å²) in [5.41, 5.74) is 3.18. The summed E-state index contributed by atoms with van der Waals surface area (Å²) >= 11 is 0. The van der Waals surface area contributed by atoms with Crippen LogP contribution in [-0.4, -0.2) is 94.1 Å². The second-order valence-electron chi connectivity index (χ2n) is 10.2. The molecular weight excluding hydrogens is 466 g/mol. The van der Waals surface area contributed by atoms with Crippen LogP contribution in [0.2, 0.25) is 0 Å². The zero-order valence-corrected chi connectivity index (χ0v) is 20.6. The molecule has 0 saturated heterocycles. The number of hydrogen-bond acceptors (Lipinski definition) is 9. The number of rotatable bonds is 5. The predicted molar refractivity (Wildman–Crippen MR) is 132 cm³/mol. The lowest BCUT2D eigenvalue weighted by atomic mass is 9.57. The van der Waals surface area contributed by atoms with E-state index in [1.807, 2.05) is 31.1 Å². The monoisotopic (exact) mass is 497 g/mol. The molecule has 1 saturated carbocycles. The standard InChI is InChI=1S/C26H31N3O7/c1-28(2)9-5-6-12-7-8-16(30)18-14(12)10-13-11-15-20(29(3)4)22(32)19(25(27)35)24(34)26(15,36)23(33)17(13)21(18)31/h5-8,13,15,20,30-31,34,36H,9-11H2,1-4H3,(H2,27,35)/b6-5+/t13-,15-,20-,26-/m0/s1. The number of carbonyl (C=O) groups is 3. The molecule has 0 aliphatic heterocycles. The molecule has 0 aromatic heterocycles. The zero-order valence-electron chi connectivity index (χ0n) is 20.6. The third-order valence-electron chi connectivity index (χ3n) is 7.41. The first kappa shape index (κ1) is 25.6. The van der Waals surface area contributed by atoms with Crippen molar-refractivity contribution in [1.29, 1.82) is 0 Å². The molecule has 6 N–H and O–H groups in total. The molecule has 1 aromatic rings. The summed E-state index contributed by atoms with van der Waals surface area (Å²) < 4.78 is 0. The number of likely N-dealkylation sites (N-methyl/N-ethyl adjacent to an activating group) is 2. The molecule has 1 amide bonds. The van der Waals surface area contributed by atoms with Gasteiger partial charge in [-0.25, -0.2) is 0 Å². The van der Waals surface area contributed by atoms with Gasteiger partial charge in [0.25, 0.3) is 5.91 Å². The topological polar surface area (TPSA) is 165 Å². The van der Waals surface area contributed by atoms with Crippen LogP contribution in [-0.2, 0) is 20.8 Å². The number of phenolic OH excluding ortho intramolecular Hbond substituents is 1. The Hall–Kier alpha value is -3.47. The number of aliphatic hydroxyl groups excluding tert-OH is 2. The van der Waals surface area contributed by atoms with E-state index in [2.05, 4.69) is 0 Å². The number of ketones is 2. The summed E-state index contributed by atoms with van der Waals surface area (Å²) in [6, 6.07) is 2.03. The summed E-state index contributed by atoms with van der Waals surface area (Å²) in [4.78, 5) is 42.4. The van der Waals surface area contributed by atoms with Crippen LogP contribution in [0.25, 0.3) is 11.8 Å². The zero-order chi connectivity index (χ0) is 26.7. The van der Waals surface area contributed by atoms with Gasteiger partial charge in [-0.1, -0.05) is 18.2 Å². The van der Waals surface area contributed by atoms with Crippen molar-refractivity contribution in [3.05, 3.63) is 51.8 Å². The third kappa shape index (κ3) is 3.64. The van der Waals surface area contributed by atoms with E-state index < -0.39 is 58.0 Å². The van der Waals surface area contributed by atoms with Crippen LogP contribution in [0.1, 0.15) is 23.1 Å². The molecule has 10 nitrogen and oxygen atoms in total. The Morgan fingerprint density at radius 2 is 1.83 bits per heavy atom. The number of primary amides is 1. The highest BCUT2D eigenvalue weighted by Gasteiger charge is 2.64. The fraction of sp³-hybridized carbons (Fsp3) is 0.423. The number of carbonyl (C=O) groups excluding carboxylic acids is 3. The molecular formula is C26H31N3O7. The largest absolute Gasteiger partial charge is 0.508 e. The van der Waals surface area contributed by atoms with Gasteiger partial charge in [-0.05, 0) is 64.1 Å². The fourth-order valence-electron chi connectivity index (χ4n) is 5.81. The van der Waals surface area contributed by atoms with Crippen molar-refractivity contribution in [2.75, 3.05) is 34.7 Å². The van der Waals surface area contributed by atoms with E-state index in [1.165, 1.54) is 11.0 Å². The van der Waals surface area contributed by atoms with E-state index in [9.17, 15) is 34.8 Å². The number of fused-ring (bicyclic) bond motifs is 3. The molecule has 0 spiro atoms. The lowest BCUT2D eigenvalue weighted by Gasteiger charge is -2.50. The van der Waals surface area contributed by atoms with E-state index in [0.717, 1.165) is 5.56 Å². The van der Waals surface area contributed by atoms with Crippen LogP contribution in [0, 0.1) is 11.8 Å². The van der Waals surface area contributed by atoms with Gasteiger partial charge in [-0.3, -0.25) is 19.3 Å². The summed E-state index contributed by atoms with van der Waals surface area (Å²) in [5.74, 6) is -6.57. The Morgan fingerprint density at radius 1 is 1.17 bits per heavy atom. The molecule has 0 bridgehead atoms. The van der Waals surface area contributed by atoms with Gasteiger partial charge in [0, 0.05) is 18.0 Å². The van der Waals surface area contributed by atoms with Crippen molar-refractivity contribution < 1.29 is 34.8 Å². The van der Waals surface area contributed by atoms with Gasteiger partial charge < -0.3 is 31.1 Å². The minimum absolute atomic E-state index is 0.0578. The average molecular weight is 498 g/mol. The highest BCUT2D eigenvalue weighted by molar-refractivity contribution is 6.24. The molecule has 4 atom stereocenters. The molecule has 10 heteroatoms. The van der Waals surface area contributed by atoms with Crippen molar-refractivity contribution in [2.24, 2.45) is 17.6 Å². The molecule has 36 heavy (non-hydrogen) atoms. The summed E-state index contributed by atoms with van der Waals surface area (Å²) in [7, 11) is 6.98. The van der Waals surface area contributed by atoms with Crippen molar-refractivity contribution in [2.45, 2.75) is 24.5 Å². The van der Waals surface area contributed by atoms with Gasteiger partial charge in [0.2, 0.25) is 5.78 Å². The number of nitrogens with zero attached hydrogens (tertiary/aromatic N) is 2. The third-order valence-corrected chi connectivity index (χ3v) is 7.41. The van der Waals surface area contributed by atoms with Crippen LogP contribution in [0.4, 0.5) is 0 Å². The normalized spacial score (nSPS) is 28.1. The Morgan fingerprint density at radius 3 is 2.42 bits per heavy atom. The van der Waals surface area contributed by atoms with Gasteiger partial charge in [0.15, 0.2) is 11.4 Å². The molecule has 1 aromatic carbocycles. The predicted octanol–water partition coefficient (Wildman–Crippen LogP) is 0.539. The minimum atomic E-state index is -2.64. The first-order valence-corrected chi connectivity index (χ1v) is 11.6. The van der Waals surface area contributed by atoms with E-state index in [4.69, 9.17) is 5.73 Å². The second kappa shape index (κ2) is 8.88. The maximum Gasteiger partial charge on any atom is 0.255 e. The Balaban J connectivity index is 1.92. The molecule has 0 heterocycles. The first-order valence-electron chi connectivity index (χ1n) is 11.6. The SMILES string of the molecule is CN(C)C/C=C/c1ccc(O)c2c1C[C@H]1C[C@H]3[C@H](N(C)C)C(=O)C(C(N)=O)=C(O)[C@@]3(O)C(=O)C1=C2O. The Labute approximate surface area is 208 Å². The van der Waals surface area contributed by atoms with Crippen molar-refractivity contribution >= 4 is 29.3 Å². The lowest BCUT2D eigenvalue weighted by Crippen LogP contribution is -2.65. The van der Waals surface area contributed by atoms with E-state index in [1.54, 1.807) is 20.2 Å². The van der Waals surface area contributed by atoms with Crippen molar-refractivity contribution in [3.8, 4) is 5.75 Å². The number of benzene rings is 1. The van der Waals surface area contributed by atoms with Crippen LogP contribution >= 0.6 is 0 Å². The second-order valence-corrected chi connectivity index (χ2v) is 10.2. The van der Waals surface area contributed by atoms with E-state index >= 15 is 0 Å². The number of aromatic hydroxyl groups is 1. The lowest BCUT2D eigenvalue weighted by molar-refractivity contribution is -0.153. The first-order chi connectivity index (χ1) is 16.8. The molecule has 0 unspecified atom stereocenters. The smallest absolute Gasteiger partial charge is 0.255 e. The van der Waals surface area contributed by atoms with E-state index in [0.29, 0.717) is 12.1 Å². The minimum Gasteiger partial charge on any atom is -0.508 e. The van der Waals surface area contributed by atoms with Gasteiger partial charge in [0.05, 0.1) is 11.6 Å². The van der Waals surface area contributed by atoms with Gasteiger partial charge in [-0.2, -0.15) is 0 Å². The molecule has 192 valence electrons. The van der Waals surface area contributed by atoms with Crippen molar-refractivity contribution in [1.82, 2.24) is 9.80 Å². The Bertz CT molecular complexity index is 1260. The van der Waals surface area contributed by atoms with Crippen LogP contribution in [0.3, 0.4) is 0 Å². The number of hydrogen-bond donors (Lipinski definition) is 5. The number of phenols is 1. The molecule has 4 rings (SSSR count). The summed E-state index contributed by atoms with van der Waals surface area (Å²) in [5, 5.41) is 44.3. The van der Waals surface area contributed by atoms with Gasteiger partial charge >= 0.3 is 0 Å². The highest BCUT2D eigenvalue weighted by atomic mass is 16.3. The number of aliphatic hydroxyl groups is 3. The van der Waals surface area contributed by atoms with Crippen LogP contribution in [0.5, 0.6) is 5.75 Å². The van der Waals surface area contributed by atoms with Gasteiger partial charge in [-0.15, -0.1) is 0 Å². The fourth-order valence-corrected chi connectivity index (χ4v) is 5.81. The summed E-state index contributed by atoms with van der Waals surface area (Å²) in [6.45, 7) is 0.667. The van der Waals surface area contributed by atoms with Gasteiger partial charge in [0.1, 0.15) is 22.8 Å². The molecule has 0 radical (unpaired) electrons. The van der Waals surface area contributed by atoms with E-state index in [-0.39, 0.29) is 29.7 Å². The quantitative estimate of drug-likeness (QED) is 0.365. The van der Waals surface area contributed by atoms with Crippen molar-refractivity contribution in [3.63, 3.8) is 0 Å². The summed E-state index contributed by atoms with van der Waals surface area (Å²) in [6.07, 6.45) is 4.12. The number of amides is 1. The average Bonchev–Trinajstić information content (AvgIpc) is 2.77. The van der Waals surface area contributed by atoms with Crippen LogP contribution in [0.15, 0.2) is 35.1 Å². The van der Waals surface area contributed by atoms with Crippen LogP contribution < -0.4 is 5.73 Å². The molecule has 3 aliphatic carbocycles. The highest BCUT2D eigenvalue weighted by Crippen LogP contribution is 2.53. The number of Topliss-reactive ketones (excluding diaryl/α,β-unsaturated/α-hetero) is 2. The molecule has 3 aliphatic rings. The number of nitrogens with two attached hydrogens (primary N) is 1. The Kier molecular flexibility index (Phi) is 6.32. The maximum absolute atomic E-state index is 13.8.